The second kappa shape index (κ2) is 7.57. The molecule has 1 aromatic heterocycles. The highest BCUT2D eigenvalue weighted by Crippen LogP contribution is 2.38. The van der Waals surface area contributed by atoms with E-state index < -0.39 is 0 Å². The lowest BCUT2D eigenvalue weighted by atomic mass is 10.1. The molecule has 0 saturated carbocycles. The van der Waals surface area contributed by atoms with Crippen LogP contribution in [0.25, 0.3) is 0 Å². The minimum atomic E-state index is -0.145. The second-order valence-corrected chi connectivity index (χ2v) is 6.58. The predicted molar refractivity (Wildman–Crippen MR) is 91.2 cm³/mol. The standard InChI is InChI=1S/C16H18ClNO4S/c1-18(9-11-5-6-14(17)23-11)16(19)10-7-12(20-2)15(22-4)13(8-10)21-3/h5-8H,9H2,1-4H3. The van der Waals surface area contributed by atoms with Crippen molar-refractivity contribution >= 4 is 28.8 Å². The Balaban J connectivity index is 2.27. The first-order chi connectivity index (χ1) is 11.0. The van der Waals surface area contributed by atoms with Gasteiger partial charge in [-0.15, -0.1) is 11.3 Å². The van der Waals surface area contributed by atoms with Crippen LogP contribution >= 0.6 is 22.9 Å². The molecule has 23 heavy (non-hydrogen) atoms. The molecule has 0 radical (unpaired) electrons. The fourth-order valence-corrected chi connectivity index (χ4v) is 3.31. The Bertz CT molecular complexity index is 676. The fraction of sp³-hybridized carbons (Fsp3) is 0.312. The summed E-state index contributed by atoms with van der Waals surface area (Å²) in [5.41, 5.74) is 0.463. The zero-order chi connectivity index (χ0) is 17.0. The molecule has 0 bridgehead atoms. The minimum Gasteiger partial charge on any atom is -0.493 e. The topological polar surface area (TPSA) is 48.0 Å². The average molecular weight is 356 g/mol. The van der Waals surface area contributed by atoms with Gasteiger partial charge in [0.15, 0.2) is 11.5 Å². The molecule has 1 amide bonds. The van der Waals surface area contributed by atoms with E-state index in [2.05, 4.69) is 0 Å². The molecule has 7 heteroatoms. The van der Waals surface area contributed by atoms with Crippen LogP contribution in [0.5, 0.6) is 17.2 Å². The fourth-order valence-electron chi connectivity index (χ4n) is 2.17. The number of methoxy groups -OCH3 is 3. The number of hydrogen-bond acceptors (Lipinski definition) is 5. The molecule has 0 unspecified atom stereocenters. The molecule has 1 aromatic carbocycles. The molecule has 0 aliphatic heterocycles. The summed E-state index contributed by atoms with van der Waals surface area (Å²) in [7, 11) is 6.29. The Labute approximate surface area is 144 Å². The maximum atomic E-state index is 12.6. The van der Waals surface area contributed by atoms with Gasteiger partial charge in [0.2, 0.25) is 5.75 Å². The molecule has 0 atom stereocenters. The van der Waals surface area contributed by atoms with Gasteiger partial charge in [-0.25, -0.2) is 0 Å². The summed E-state index contributed by atoms with van der Waals surface area (Å²) < 4.78 is 16.5. The van der Waals surface area contributed by atoms with Gasteiger partial charge in [0.25, 0.3) is 5.91 Å². The molecule has 0 aliphatic rings. The van der Waals surface area contributed by atoms with Crippen LogP contribution in [-0.2, 0) is 6.54 Å². The molecule has 124 valence electrons. The van der Waals surface area contributed by atoms with Crippen LogP contribution in [0.1, 0.15) is 15.2 Å². The van der Waals surface area contributed by atoms with Crippen molar-refractivity contribution in [2.24, 2.45) is 0 Å². The Hall–Kier alpha value is -1.92. The van der Waals surface area contributed by atoms with E-state index >= 15 is 0 Å². The summed E-state index contributed by atoms with van der Waals surface area (Å²) in [6, 6.07) is 7.01. The van der Waals surface area contributed by atoms with Crippen LogP contribution in [0.4, 0.5) is 0 Å². The maximum Gasteiger partial charge on any atom is 0.254 e. The maximum absolute atomic E-state index is 12.6. The molecule has 1 heterocycles. The summed E-state index contributed by atoms with van der Waals surface area (Å²) >= 11 is 7.37. The van der Waals surface area contributed by atoms with E-state index in [0.29, 0.717) is 33.7 Å². The second-order valence-electron chi connectivity index (χ2n) is 4.78. The molecular weight excluding hydrogens is 338 g/mol. The van der Waals surface area contributed by atoms with Crippen molar-refractivity contribution in [3.63, 3.8) is 0 Å². The minimum absolute atomic E-state index is 0.145. The number of nitrogens with zero attached hydrogens (tertiary/aromatic N) is 1. The number of rotatable bonds is 6. The smallest absolute Gasteiger partial charge is 0.254 e. The highest BCUT2D eigenvalue weighted by molar-refractivity contribution is 7.16. The monoisotopic (exact) mass is 355 g/mol. The zero-order valence-corrected chi connectivity index (χ0v) is 15.0. The quantitative estimate of drug-likeness (QED) is 0.792. The average Bonchev–Trinajstić information content (AvgIpc) is 2.97. The number of amides is 1. The van der Waals surface area contributed by atoms with Gasteiger partial charge in [0.1, 0.15) is 0 Å². The number of hydrogen-bond donors (Lipinski definition) is 0. The van der Waals surface area contributed by atoms with Crippen molar-refractivity contribution in [1.82, 2.24) is 4.90 Å². The van der Waals surface area contributed by atoms with Gasteiger partial charge in [-0.05, 0) is 24.3 Å². The van der Waals surface area contributed by atoms with Gasteiger partial charge >= 0.3 is 0 Å². The molecule has 2 rings (SSSR count). The van der Waals surface area contributed by atoms with E-state index in [1.54, 1.807) is 24.1 Å². The Morgan fingerprint density at radius 1 is 1.13 bits per heavy atom. The third-order valence-corrected chi connectivity index (χ3v) is 4.50. The number of carbonyl (C=O) groups excluding carboxylic acids is 1. The van der Waals surface area contributed by atoms with Gasteiger partial charge in [-0.3, -0.25) is 4.79 Å². The normalized spacial score (nSPS) is 10.3. The van der Waals surface area contributed by atoms with Gasteiger partial charge in [-0.1, -0.05) is 11.6 Å². The van der Waals surface area contributed by atoms with Crippen LogP contribution in [0.2, 0.25) is 4.34 Å². The first-order valence-corrected chi connectivity index (χ1v) is 7.99. The predicted octanol–water partition coefficient (Wildman–Crippen LogP) is 3.70. The summed E-state index contributed by atoms with van der Waals surface area (Å²) in [5, 5.41) is 0. The molecule has 0 N–H and O–H groups in total. The Kier molecular flexibility index (Phi) is 5.74. The number of ether oxygens (including phenoxy) is 3. The van der Waals surface area contributed by atoms with Crippen molar-refractivity contribution in [2.45, 2.75) is 6.54 Å². The summed E-state index contributed by atoms with van der Waals surface area (Å²) in [4.78, 5) is 15.3. The van der Waals surface area contributed by atoms with Gasteiger partial charge in [0.05, 0.1) is 32.2 Å². The SMILES string of the molecule is COc1cc(C(=O)N(C)Cc2ccc(Cl)s2)cc(OC)c1OC. The molecule has 0 saturated heterocycles. The van der Waals surface area contributed by atoms with E-state index in [1.165, 1.54) is 32.7 Å². The number of thiophene rings is 1. The molecule has 0 aliphatic carbocycles. The van der Waals surface area contributed by atoms with Crippen LogP contribution in [0, 0.1) is 0 Å². The number of benzene rings is 1. The molecular formula is C16H18ClNO4S. The zero-order valence-electron chi connectivity index (χ0n) is 13.4. The summed E-state index contributed by atoms with van der Waals surface area (Å²) in [6.07, 6.45) is 0. The van der Waals surface area contributed by atoms with E-state index in [0.717, 1.165) is 4.88 Å². The summed E-state index contributed by atoms with van der Waals surface area (Å²) in [5.74, 6) is 1.21. The van der Waals surface area contributed by atoms with Crippen molar-refractivity contribution in [1.29, 1.82) is 0 Å². The highest BCUT2D eigenvalue weighted by Gasteiger charge is 2.19. The van der Waals surface area contributed by atoms with Crippen molar-refractivity contribution in [2.75, 3.05) is 28.4 Å². The largest absolute Gasteiger partial charge is 0.493 e. The van der Waals surface area contributed by atoms with Crippen LogP contribution < -0.4 is 14.2 Å². The number of carbonyl (C=O) groups is 1. The summed E-state index contributed by atoms with van der Waals surface area (Å²) in [6.45, 7) is 0.479. The number of halogens is 1. The van der Waals surface area contributed by atoms with E-state index in [-0.39, 0.29) is 5.91 Å². The van der Waals surface area contributed by atoms with Crippen LogP contribution in [0.15, 0.2) is 24.3 Å². The van der Waals surface area contributed by atoms with Crippen molar-refractivity contribution < 1.29 is 19.0 Å². The van der Waals surface area contributed by atoms with Crippen LogP contribution in [-0.4, -0.2) is 39.2 Å². The first kappa shape index (κ1) is 17.4. The lowest BCUT2D eigenvalue weighted by Crippen LogP contribution is -2.25. The molecule has 2 aromatic rings. The molecule has 0 fully saturated rings. The van der Waals surface area contributed by atoms with E-state index in [9.17, 15) is 4.79 Å². The van der Waals surface area contributed by atoms with Gasteiger partial charge in [0, 0.05) is 17.5 Å². The molecule has 5 nitrogen and oxygen atoms in total. The lowest BCUT2D eigenvalue weighted by molar-refractivity contribution is 0.0785. The van der Waals surface area contributed by atoms with Gasteiger partial charge in [-0.2, -0.15) is 0 Å². The third kappa shape index (κ3) is 3.89. The van der Waals surface area contributed by atoms with Crippen LogP contribution in [0.3, 0.4) is 0 Å². The third-order valence-electron chi connectivity index (χ3n) is 3.28. The van der Waals surface area contributed by atoms with Crippen molar-refractivity contribution in [3.05, 3.63) is 39.0 Å². The van der Waals surface area contributed by atoms with E-state index in [4.69, 9.17) is 25.8 Å². The lowest BCUT2D eigenvalue weighted by Gasteiger charge is -2.18. The van der Waals surface area contributed by atoms with E-state index in [1.807, 2.05) is 12.1 Å². The highest BCUT2D eigenvalue weighted by atomic mass is 35.5. The Morgan fingerprint density at radius 2 is 1.74 bits per heavy atom. The van der Waals surface area contributed by atoms with Gasteiger partial charge < -0.3 is 19.1 Å². The Morgan fingerprint density at radius 3 is 2.17 bits per heavy atom. The van der Waals surface area contributed by atoms with Crippen molar-refractivity contribution in [3.8, 4) is 17.2 Å². The first-order valence-electron chi connectivity index (χ1n) is 6.79. The molecule has 0 spiro atoms.